The summed E-state index contributed by atoms with van der Waals surface area (Å²) < 4.78 is 0. The van der Waals surface area contributed by atoms with Gasteiger partial charge < -0.3 is 0 Å². The summed E-state index contributed by atoms with van der Waals surface area (Å²) in [6, 6.07) is 9.63. The lowest BCUT2D eigenvalue weighted by atomic mass is 10.1. The Labute approximate surface area is 88.1 Å². The third-order valence-corrected chi connectivity index (χ3v) is 2.05. The minimum atomic E-state index is 0.552. The molecule has 0 unspecified atom stereocenters. The third kappa shape index (κ3) is 2.00. The van der Waals surface area contributed by atoms with Crippen LogP contribution in [0.3, 0.4) is 0 Å². The van der Waals surface area contributed by atoms with Crippen LogP contribution in [0.15, 0.2) is 36.7 Å². The van der Waals surface area contributed by atoms with Gasteiger partial charge in [0.2, 0.25) is 0 Å². The highest BCUT2D eigenvalue weighted by Crippen LogP contribution is 2.16. The van der Waals surface area contributed by atoms with E-state index >= 15 is 0 Å². The summed E-state index contributed by atoms with van der Waals surface area (Å²) in [7, 11) is 0. The van der Waals surface area contributed by atoms with E-state index in [1.807, 2.05) is 25.1 Å². The molecule has 0 aliphatic rings. The minimum absolute atomic E-state index is 0.552. The quantitative estimate of drug-likeness (QED) is 0.701. The van der Waals surface area contributed by atoms with Gasteiger partial charge in [-0.15, -0.1) is 0 Å². The van der Waals surface area contributed by atoms with Crippen molar-refractivity contribution >= 4 is 0 Å². The summed E-state index contributed by atoms with van der Waals surface area (Å²) in [5.74, 6) is 0. The monoisotopic (exact) mass is 195 g/mol. The fourth-order valence-electron chi connectivity index (χ4n) is 1.34. The van der Waals surface area contributed by atoms with Crippen LogP contribution in [0.1, 0.15) is 11.3 Å². The van der Waals surface area contributed by atoms with Crippen molar-refractivity contribution in [1.82, 2.24) is 9.97 Å². The van der Waals surface area contributed by atoms with Crippen LogP contribution >= 0.6 is 0 Å². The maximum absolute atomic E-state index is 8.75. The summed E-state index contributed by atoms with van der Waals surface area (Å²) in [4.78, 5) is 8.37. The standard InChI is InChI=1S/C12H9N3/c1-9-3-2-4-12(15-9)11-5-10(6-13)7-14-8-11/h2-5,7-8H,1H3. The summed E-state index contributed by atoms with van der Waals surface area (Å²) in [6.07, 6.45) is 3.25. The van der Waals surface area contributed by atoms with Crippen molar-refractivity contribution in [3.8, 4) is 17.3 Å². The Kier molecular flexibility index (Phi) is 2.42. The molecule has 15 heavy (non-hydrogen) atoms. The van der Waals surface area contributed by atoms with Gasteiger partial charge in [0, 0.05) is 23.7 Å². The van der Waals surface area contributed by atoms with Gasteiger partial charge in [-0.05, 0) is 25.1 Å². The molecule has 3 nitrogen and oxygen atoms in total. The smallest absolute Gasteiger partial charge is 0.101 e. The Balaban J connectivity index is 2.50. The molecule has 2 heterocycles. The van der Waals surface area contributed by atoms with Gasteiger partial charge in [0.1, 0.15) is 6.07 Å². The van der Waals surface area contributed by atoms with E-state index in [0.717, 1.165) is 17.0 Å². The molecule has 0 atom stereocenters. The number of nitriles is 1. The predicted molar refractivity (Wildman–Crippen MR) is 56.9 cm³/mol. The Morgan fingerprint density at radius 3 is 2.87 bits per heavy atom. The van der Waals surface area contributed by atoms with Gasteiger partial charge in [0.25, 0.3) is 0 Å². The van der Waals surface area contributed by atoms with E-state index in [2.05, 4.69) is 16.0 Å². The van der Waals surface area contributed by atoms with E-state index in [-0.39, 0.29) is 0 Å². The molecule has 3 heteroatoms. The van der Waals surface area contributed by atoms with Gasteiger partial charge in [0.15, 0.2) is 0 Å². The number of hydrogen-bond donors (Lipinski definition) is 0. The average Bonchev–Trinajstić information content (AvgIpc) is 2.29. The maximum atomic E-state index is 8.75. The lowest BCUT2D eigenvalue weighted by molar-refractivity contribution is 1.19. The summed E-state index contributed by atoms with van der Waals surface area (Å²) in [5, 5.41) is 8.75. The van der Waals surface area contributed by atoms with Crippen LogP contribution in [0.25, 0.3) is 11.3 Å². The van der Waals surface area contributed by atoms with Crippen molar-refractivity contribution in [1.29, 1.82) is 5.26 Å². The second-order valence-corrected chi connectivity index (χ2v) is 3.24. The van der Waals surface area contributed by atoms with E-state index in [1.54, 1.807) is 18.5 Å². The number of aryl methyl sites for hydroxylation is 1. The molecule has 0 saturated carbocycles. The number of aromatic nitrogens is 2. The number of nitrogens with zero attached hydrogens (tertiary/aromatic N) is 3. The van der Waals surface area contributed by atoms with E-state index in [4.69, 9.17) is 5.26 Å². The summed E-state index contributed by atoms with van der Waals surface area (Å²) in [5.41, 5.74) is 3.23. The first-order valence-electron chi connectivity index (χ1n) is 4.59. The molecule has 0 aliphatic heterocycles. The highest BCUT2D eigenvalue weighted by molar-refractivity contribution is 5.59. The van der Waals surface area contributed by atoms with Crippen molar-refractivity contribution in [2.45, 2.75) is 6.92 Å². The molecule has 0 bridgehead atoms. The average molecular weight is 195 g/mol. The van der Waals surface area contributed by atoms with Crippen molar-refractivity contribution in [3.05, 3.63) is 47.9 Å². The molecule has 72 valence electrons. The molecule has 0 N–H and O–H groups in total. The van der Waals surface area contributed by atoms with Crippen molar-refractivity contribution in [2.24, 2.45) is 0 Å². The second kappa shape index (κ2) is 3.89. The minimum Gasteiger partial charge on any atom is -0.263 e. The van der Waals surface area contributed by atoms with Gasteiger partial charge in [-0.3, -0.25) is 9.97 Å². The van der Waals surface area contributed by atoms with E-state index in [9.17, 15) is 0 Å². The van der Waals surface area contributed by atoms with E-state index in [1.165, 1.54) is 0 Å². The zero-order valence-corrected chi connectivity index (χ0v) is 8.31. The Hall–Kier alpha value is -2.21. The van der Waals surface area contributed by atoms with Gasteiger partial charge in [0.05, 0.1) is 11.3 Å². The Morgan fingerprint density at radius 2 is 2.13 bits per heavy atom. The Bertz CT molecular complexity index is 526. The second-order valence-electron chi connectivity index (χ2n) is 3.24. The van der Waals surface area contributed by atoms with Crippen LogP contribution in [0.5, 0.6) is 0 Å². The largest absolute Gasteiger partial charge is 0.263 e. The molecule has 0 amide bonds. The number of hydrogen-bond acceptors (Lipinski definition) is 3. The zero-order chi connectivity index (χ0) is 10.7. The van der Waals surface area contributed by atoms with Crippen LogP contribution in [0.2, 0.25) is 0 Å². The topological polar surface area (TPSA) is 49.6 Å². The summed E-state index contributed by atoms with van der Waals surface area (Å²) in [6.45, 7) is 1.94. The van der Waals surface area contributed by atoms with Crippen LogP contribution < -0.4 is 0 Å². The number of pyridine rings is 2. The highest BCUT2D eigenvalue weighted by atomic mass is 14.7. The first-order chi connectivity index (χ1) is 7.29. The molecule has 0 fully saturated rings. The molecule has 0 radical (unpaired) electrons. The summed E-state index contributed by atoms with van der Waals surface area (Å²) >= 11 is 0. The predicted octanol–water partition coefficient (Wildman–Crippen LogP) is 2.32. The van der Waals surface area contributed by atoms with Crippen LogP contribution in [-0.4, -0.2) is 9.97 Å². The van der Waals surface area contributed by atoms with Crippen LogP contribution in [-0.2, 0) is 0 Å². The first kappa shape index (κ1) is 9.35. The fourth-order valence-corrected chi connectivity index (χ4v) is 1.34. The molecule has 2 aromatic rings. The fraction of sp³-hybridized carbons (Fsp3) is 0.0833. The lowest BCUT2D eigenvalue weighted by Crippen LogP contribution is -1.88. The molecular formula is C12H9N3. The SMILES string of the molecule is Cc1cccc(-c2cncc(C#N)c2)n1. The molecule has 2 aromatic heterocycles. The normalized spacial score (nSPS) is 9.60. The Morgan fingerprint density at radius 1 is 1.27 bits per heavy atom. The van der Waals surface area contributed by atoms with Crippen LogP contribution in [0, 0.1) is 18.3 Å². The third-order valence-electron chi connectivity index (χ3n) is 2.05. The number of rotatable bonds is 1. The highest BCUT2D eigenvalue weighted by Gasteiger charge is 2.00. The molecule has 0 aliphatic carbocycles. The molecular weight excluding hydrogens is 186 g/mol. The van der Waals surface area contributed by atoms with E-state index in [0.29, 0.717) is 5.56 Å². The van der Waals surface area contributed by atoms with Crippen molar-refractivity contribution in [3.63, 3.8) is 0 Å². The lowest BCUT2D eigenvalue weighted by Gasteiger charge is -2.01. The zero-order valence-electron chi connectivity index (χ0n) is 8.31. The van der Waals surface area contributed by atoms with Crippen molar-refractivity contribution < 1.29 is 0 Å². The maximum Gasteiger partial charge on any atom is 0.101 e. The van der Waals surface area contributed by atoms with Crippen molar-refractivity contribution in [2.75, 3.05) is 0 Å². The molecule has 0 spiro atoms. The van der Waals surface area contributed by atoms with Crippen LogP contribution in [0.4, 0.5) is 0 Å². The van der Waals surface area contributed by atoms with Gasteiger partial charge in [-0.1, -0.05) is 6.07 Å². The van der Waals surface area contributed by atoms with Gasteiger partial charge >= 0.3 is 0 Å². The first-order valence-corrected chi connectivity index (χ1v) is 4.59. The molecule has 0 aromatic carbocycles. The molecule has 2 rings (SSSR count). The van der Waals surface area contributed by atoms with Gasteiger partial charge in [-0.2, -0.15) is 5.26 Å². The van der Waals surface area contributed by atoms with E-state index < -0.39 is 0 Å². The molecule has 0 saturated heterocycles. The van der Waals surface area contributed by atoms with Gasteiger partial charge in [-0.25, -0.2) is 0 Å².